The number of benzene rings is 1. The van der Waals surface area contributed by atoms with Crippen LogP contribution in [0.25, 0.3) is 0 Å². The van der Waals surface area contributed by atoms with Crippen molar-refractivity contribution >= 4 is 5.69 Å². The summed E-state index contributed by atoms with van der Waals surface area (Å²) < 4.78 is 37.9. The molecule has 0 atom stereocenters. The third-order valence-electron chi connectivity index (χ3n) is 2.30. The van der Waals surface area contributed by atoms with Crippen molar-refractivity contribution in [2.75, 3.05) is 11.9 Å². The number of alkyl halides is 3. The number of nitriles is 1. The fourth-order valence-corrected chi connectivity index (χ4v) is 1.40. The lowest BCUT2D eigenvalue weighted by molar-refractivity contribution is -0.137. The van der Waals surface area contributed by atoms with Gasteiger partial charge in [-0.25, -0.2) is 0 Å². The Balaban J connectivity index is 2.94. The molecule has 0 radical (unpaired) electrons. The Bertz CT molecular complexity index is 419. The van der Waals surface area contributed by atoms with Gasteiger partial charge >= 0.3 is 6.18 Å². The molecule has 0 fully saturated rings. The zero-order chi connectivity index (χ0) is 12.9. The SMILES string of the molecule is CCCCNc1ccc(C#N)c(C(F)(F)F)c1. The summed E-state index contributed by atoms with van der Waals surface area (Å²) in [5.41, 5.74) is -0.843. The highest BCUT2D eigenvalue weighted by Gasteiger charge is 2.33. The van der Waals surface area contributed by atoms with Crippen molar-refractivity contribution in [3.05, 3.63) is 29.3 Å². The zero-order valence-corrected chi connectivity index (χ0v) is 9.43. The Hall–Kier alpha value is -1.70. The Morgan fingerprint density at radius 2 is 2.06 bits per heavy atom. The summed E-state index contributed by atoms with van der Waals surface area (Å²) in [6.45, 7) is 2.63. The van der Waals surface area contributed by atoms with Crippen molar-refractivity contribution < 1.29 is 13.2 Å². The summed E-state index contributed by atoms with van der Waals surface area (Å²) >= 11 is 0. The van der Waals surface area contributed by atoms with Gasteiger partial charge in [-0.15, -0.1) is 0 Å². The van der Waals surface area contributed by atoms with Crippen molar-refractivity contribution in [2.45, 2.75) is 25.9 Å². The molecule has 0 saturated heterocycles. The van der Waals surface area contributed by atoms with Gasteiger partial charge in [0.05, 0.1) is 17.2 Å². The van der Waals surface area contributed by atoms with Crippen LogP contribution in [0.3, 0.4) is 0 Å². The summed E-state index contributed by atoms with van der Waals surface area (Å²) in [6.07, 6.45) is -2.63. The molecule has 0 aliphatic rings. The molecule has 1 rings (SSSR count). The molecule has 0 bridgehead atoms. The number of hydrogen-bond acceptors (Lipinski definition) is 2. The first-order valence-corrected chi connectivity index (χ1v) is 5.34. The quantitative estimate of drug-likeness (QED) is 0.815. The highest BCUT2D eigenvalue weighted by atomic mass is 19.4. The molecule has 0 amide bonds. The number of unbranched alkanes of at least 4 members (excludes halogenated alkanes) is 1. The molecule has 0 saturated carbocycles. The van der Waals surface area contributed by atoms with E-state index in [9.17, 15) is 13.2 Å². The second kappa shape index (κ2) is 5.58. The van der Waals surface area contributed by atoms with Crippen molar-refractivity contribution in [1.82, 2.24) is 0 Å². The molecular formula is C12H13F3N2. The molecule has 1 aromatic carbocycles. The van der Waals surface area contributed by atoms with Crippen LogP contribution in [0.1, 0.15) is 30.9 Å². The highest BCUT2D eigenvalue weighted by Crippen LogP contribution is 2.33. The summed E-state index contributed by atoms with van der Waals surface area (Å²) in [5.74, 6) is 0. The van der Waals surface area contributed by atoms with E-state index in [1.165, 1.54) is 12.1 Å². The average molecular weight is 242 g/mol. The van der Waals surface area contributed by atoms with Crippen LogP contribution in [-0.4, -0.2) is 6.54 Å². The molecule has 0 aliphatic carbocycles. The molecule has 5 heteroatoms. The first kappa shape index (κ1) is 13.4. The minimum absolute atomic E-state index is 0.349. The predicted molar refractivity (Wildman–Crippen MR) is 59.6 cm³/mol. The van der Waals surface area contributed by atoms with Crippen LogP contribution in [-0.2, 0) is 6.18 Å². The van der Waals surface area contributed by atoms with Crippen LogP contribution in [0.15, 0.2) is 18.2 Å². The first-order valence-electron chi connectivity index (χ1n) is 5.34. The fraction of sp³-hybridized carbons (Fsp3) is 0.417. The maximum Gasteiger partial charge on any atom is 0.417 e. The Labute approximate surface area is 98.1 Å². The molecule has 1 N–H and O–H groups in total. The second-order valence-electron chi connectivity index (χ2n) is 3.65. The number of anilines is 1. The molecule has 0 aromatic heterocycles. The molecule has 0 aliphatic heterocycles. The molecule has 2 nitrogen and oxygen atoms in total. The Kier molecular flexibility index (Phi) is 4.38. The predicted octanol–water partition coefficient (Wildman–Crippen LogP) is 3.79. The maximum absolute atomic E-state index is 12.6. The molecule has 17 heavy (non-hydrogen) atoms. The normalized spacial score (nSPS) is 11.0. The molecule has 0 unspecified atom stereocenters. The van der Waals surface area contributed by atoms with Gasteiger partial charge in [0, 0.05) is 12.2 Å². The van der Waals surface area contributed by atoms with E-state index in [4.69, 9.17) is 5.26 Å². The second-order valence-corrected chi connectivity index (χ2v) is 3.65. The van der Waals surface area contributed by atoms with E-state index < -0.39 is 11.7 Å². The minimum atomic E-state index is -4.49. The Morgan fingerprint density at radius 1 is 1.35 bits per heavy atom. The largest absolute Gasteiger partial charge is 0.417 e. The Morgan fingerprint density at radius 3 is 2.59 bits per heavy atom. The number of rotatable bonds is 4. The van der Waals surface area contributed by atoms with E-state index in [-0.39, 0.29) is 5.56 Å². The maximum atomic E-state index is 12.6. The third-order valence-corrected chi connectivity index (χ3v) is 2.30. The molecule has 92 valence electrons. The summed E-state index contributed by atoms with van der Waals surface area (Å²) in [6, 6.07) is 5.21. The highest BCUT2D eigenvalue weighted by molar-refractivity contribution is 5.53. The van der Waals surface area contributed by atoms with Gasteiger partial charge in [0.25, 0.3) is 0 Å². The molecular weight excluding hydrogens is 229 g/mol. The van der Waals surface area contributed by atoms with Crippen LogP contribution in [0.5, 0.6) is 0 Å². The summed E-state index contributed by atoms with van der Waals surface area (Å²) in [5, 5.41) is 11.5. The summed E-state index contributed by atoms with van der Waals surface area (Å²) in [4.78, 5) is 0. The first-order chi connectivity index (χ1) is 7.99. The van der Waals surface area contributed by atoms with Gasteiger partial charge in [0.1, 0.15) is 0 Å². The van der Waals surface area contributed by atoms with E-state index in [1.807, 2.05) is 6.92 Å². The van der Waals surface area contributed by atoms with E-state index in [1.54, 1.807) is 6.07 Å². The van der Waals surface area contributed by atoms with Crippen LogP contribution >= 0.6 is 0 Å². The van der Waals surface area contributed by atoms with Crippen molar-refractivity contribution in [2.24, 2.45) is 0 Å². The van der Waals surface area contributed by atoms with Gasteiger partial charge in [-0.3, -0.25) is 0 Å². The van der Waals surface area contributed by atoms with Crippen molar-refractivity contribution in [3.63, 3.8) is 0 Å². The molecule has 0 heterocycles. The lowest BCUT2D eigenvalue weighted by Gasteiger charge is -2.12. The van der Waals surface area contributed by atoms with Crippen LogP contribution in [0.4, 0.5) is 18.9 Å². The molecule has 1 aromatic rings. The van der Waals surface area contributed by atoms with Gasteiger partial charge in [-0.1, -0.05) is 13.3 Å². The number of hydrogen-bond donors (Lipinski definition) is 1. The topological polar surface area (TPSA) is 35.8 Å². The third kappa shape index (κ3) is 3.66. The van der Waals surface area contributed by atoms with Crippen LogP contribution < -0.4 is 5.32 Å². The van der Waals surface area contributed by atoms with E-state index in [0.29, 0.717) is 12.2 Å². The standard InChI is InChI=1S/C12H13F3N2/c1-2-3-6-17-10-5-4-9(8-16)11(7-10)12(13,14)15/h4-5,7,17H,2-3,6H2,1H3. The molecule has 0 spiro atoms. The van der Waals surface area contributed by atoms with Gasteiger partial charge in [0.2, 0.25) is 0 Å². The smallest absolute Gasteiger partial charge is 0.385 e. The van der Waals surface area contributed by atoms with E-state index in [2.05, 4.69) is 5.32 Å². The number of nitrogens with one attached hydrogen (secondary N) is 1. The lowest BCUT2D eigenvalue weighted by Crippen LogP contribution is -2.09. The summed E-state index contributed by atoms with van der Waals surface area (Å²) in [7, 11) is 0. The van der Waals surface area contributed by atoms with Crippen molar-refractivity contribution in [3.8, 4) is 6.07 Å². The monoisotopic (exact) mass is 242 g/mol. The van der Waals surface area contributed by atoms with E-state index >= 15 is 0 Å². The van der Waals surface area contributed by atoms with Crippen LogP contribution in [0, 0.1) is 11.3 Å². The fourth-order valence-electron chi connectivity index (χ4n) is 1.40. The van der Waals surface area contributed by atoms with Crippen molar-refractivity contribution in [1.29, 1.82) is 5.26 Å². The number of nitrogens with zero attached hydrogens (tertiary/aromatic N) is 1. The van der Waals surface area contributed by atoms with Gasteiger partial charge in [-0.2, -0.15) is 18.4 Å². The average Bonchev–Trinajstić information content (AvgIpc) is 2.28. The minimum Gasteiger partial charge on any atom is -0.385 e. The van der Waals surface area contributed by atoms with Gasteiger partial charge < -0.3 is 5.32 Å². The number of halogens is 3. The van der Waals surface area contributed by atoms with Crippen LogP contribution in [0.2, 0.25) is 0 Å². The van der Waals surface area contributed by atoms with Gasteiger partial charge in [0.15, 0.2) is 0 Å². The van der Waals surface area contributed by atoms with E-state index in [0.717, 1.165) is 18.9 Å². The zero-order valence-electron chi connectivity index (χ0n) is 9.43. The van der Waals surface area contributed by atoms with Gasteiger partial charge in [-0.05, 0) is 24.6 Å². The lowest BCUT2D eigenvalue weighted by atomic mass is 10.1.